The number of benzene rings is 1. The van der Waals surface area contributed by atoms with Crippen molar-refractivity contribution in [3.8, 4) is 0 Å². The van der Waals surface area contributed by atoms with Gasteiger partial charge in [0.1, 0.15) is 0 Å². The molecular formula is C16H21NO. The predicted molar refractivity (Wildman–Crippen MR) is 73.6 cm³/mol. The molecule has 0 aromatic heterocycles. The van der Waals surface area contributed by atoms with E-state index in [0.717, 1.165) is 11.6 Å². The normalized spacial score (nSPS) is 30.2. The fraction of sp³-hybridized carbons (Fsp3) is 0.562. The maximum atomic E-state index is 11.0. The van der Waals surface area contributed by atoms with E-state index < -0.39 is 0 Å². The lowest BCUT2D eigenvalue weighted by atomic mass is 9.58. The van der Waals surface area contributed by atoms with Gasteiger partial charge in [-0.15, -0.1) is 0 Å². The van der Waals surface area contributed by atoms with Gasteiger partial charge in [0.2, 0.25) is 5.91 Å². The Morgan fingerprint density at radius 3 is 2.17 bits per heavy atom. The highest BCUT2D eigenvalue weighted by molar-refractivity contribution is 5.88. The summed E-state index contributed by atoms with van der Waals surface area (Å²) in [6.45, 7) is 1.55. The van der Waals surface area contributed by atoms with Gasteiger partial charge in [-0.3, -0.25) is 4.79 Å². The fourth-order valence-electron chi connectivity index (χ4n) is 3.79. The number of rotatable bonds is 2. The Balaban J connectivity index is 1.81. The van der Waals surface area contributed by atoms with Crippen molar-refractivity contribution in [1.82, 2.24) is 0 Å². The van der Waals surface area contributed by atoms with E-state index in [1.165, 1.54) is 44.1 Å². The molecule has 0 atom stereocenters. The number of nitrogens with one attached hydrogen (secondary N) is 1. The van der Waals surface area contributed by atoms with Crippen molar-refractivity contribution >= 4 is 11.6 Å². The summed E-state index contributed by atoms with van der Waals surface area (Å²) in [5, 5.41) is 2.84. The van der Waals surface area contributed by atoms with Crippen molar-refractivity contribution < 1.29 is 4.79 Å². The first-order valence-corrected chi connectivity index (χ1v) is 7.06. The van der Waals surface area contributed by atoms with E-state index >= 15 is 0 Å². The average molecular weight is 243 g/mol. The van der Waals surface area contributed by atoms with E-state index in [2.05, 4.69) is 17.4 Å². The molecule has 0 radical (unpaired) electrons. The zero-order valence-electron chi connectivity index (χ0n) is 11.0. The summed E-state index contributed by atoms with van der Waals surface area (Å²) in [6.07, 6.45) is 8.31. The van der Waals surface area contributed by atoms with Gasteiger partial charge in [-0.25, -0.2) is 0 Å². The van der Waals surface area contributed by atoms with Gasteiger partial charge in [0, 0.05) is 12.6 Å². The molecule has 1 N–H and O–H groups in total. The lowest BCUT2D eigenvalue weighted by Crippen LogP contribution is -2.37. The molecule has 3 saturated carbocycles. The first kappa shape index (κ1) is 11.8. The van der Waals surface area contributed by atoms with Crippen LogP contribution in [0.2, 0.25) is 0 Å². The number of carbonyl (C=O) groups excluding carboxylic acids is 1. The zero-order valence-corrected chi connectivity index (χ0v) is 11.0. The molecule has 2 heteroatoms. The third kappa shape index (κ3) is 2.05. The predicted octanol–water partition coefficient (Wildman–Crippen LogP) is 3.87. The SMILES string of the molecule is CC(=O)Nc1ccc(C23CCC(CC2)CC3)cc1. The van der Waals surface area contributed by atoms with Crippen molar-refractivity contribution in [2.75, 3.05) is 5.32 Å². The Bertz CT molecular complexity index is 427. The number of hydrogen-bond donors (Lipinski definition) is 1. The van der Waals surface area contributed by atoms with Gasteiger partial charge in [-0.05, 0) is 67.6 Å². The molecule has 3 aliphatic carbocycles. The van der Waals surface area contributed by atoms with Crippen LogP contribution in [0.4, 0.5) is 5.69 Å². The summed E-state index contributed by atoms with van der Waals surface area (Å²) in [4.78, 5) is 11.0. The maximum absolute atomic E-state index is 11.0. The van der Waals surface area contributed by atoms with Gasteiger partial charge in [0.05, 0.1) is 0 Å². The van der Waals surface area contributed by atoms with Crippen LogP contribution in [-0.2, 0) is 10.2 Å². The molecule has 2 nitrogen and oxygen atoms in total. The first-order chi connectivity index (χ1) is 8.68. The second kappa shape index (κ2) is 4.42. The van der Waals surface area contributed by atoms with Gasteiger partial charge in [-0.1, -0.05) is 12.1 Å². The highest BCUT2D eigenvalue weighted by Gasteiger charge is 2.41. The average Bonchev–Trinajstić information content (AvgIpc) is 2.41. The first-order valence-electron chi connectivity index (χ1n) is 7.06. The molecule has 0 aliphatic heterocycles. The van der Waals surface area contributed by atoms with Crippen molar-refractivity contribution in [2.24, 2.45) is 5.92 Å². The minimum Gasteiger partial charge on any atom is -0.326 e. The summed E-state index contributed by atoms with van der Waals surface area (Å²) >= 11 is 0. The lowest BCUT2D eigenvalue weighted by molar-refractivity contribution is -0.114. The Hall–Kier alpha value is -1.31. The second-order valence-electron chi connectivity index (χ2n) is 6.02. The van der Waals surface area contributed by atoms with Crippen molar-refractivity contribution in [2.45, 2.75) is 50.9 Å². The van der Waals surface area contributed by atoms with Gasteiger partial charge in [0.15, 0.2) is 0 Å². The van der Waals surface area contributed by atoms with Crippen LogP contribution in [-0.4, -0.2) is 5.91 Å². The Morgan fingerprint density at radius 2 is 1.67 bits per heavy atom. The molecule has 0 unspecified atom stereocenters. The van der Waals surface area contributed by atoms with E-state index in [4.69, 9.17) is 0 Å². The molecule has 2 bridgehead atoms. The largest absolute Gasteiger partial charge is 0.326 e. The molecular weight excluding hydrogens is 222 g/mol. The smallest absolute Gasteiger partial charge is 0.221 e. The maximum Gasteiger partial charge on any atom is 0.221 e. The van der Waals surface area contributed by atoms with Crippen LogP contribution >= 0.6 is 0 Å². The Morgan fingerprint density at radius 1 is 1.11 bits per heavy atom. The van der Waals surface area contributed by atoms with Gasteiger partial charge >= 0.3 is 0 Å². The molecule has 0 saturated heterocycles. The van der Waals surface area contributed by atoms with Crippen LogP contribution in [0.15, 0.2) is 24.3 Å². The Kier molecular flexibility index (Phi) is 2.89. The van der Waals surface area contributed by atoms with Gasteiger partial charge < -0.3 is 5.32 Å². The molecule has 96 valence electrons. The zero-order chi connectivity index (χ0) is 12.6. The monoisotopic (exact) mass is 243 g/mol. The number of anilines is 1. The molecule has 0 heterocycles. The molecule has 18 heavy (non-hydrogen) atoms. The summed E-state index contributed by atoms with van der Waals surface area (Å²) in [7, 11) is 0. The molecule has 3 aliphatic rings. The number of hydrogen-bond acceptors (Lipinski definition) is 1. The molecule has 1 aromatic carbocycles. The van der Waals surface area contributed by atoms with Crippen LogP contribution in [0.5, 0.6) is 0 Å². The topological polar surface area (TPSA) is 29.1 Å². The van der Waals surface area contributed by atoms with Gasteiger partial charge in [-0.2, -0.15) is 0 Å². The third-order valence-electron chi connectivity index (χ3n) is 4.91. The van der Waals surface area contributed by atoms with E-state index in [1.54, 1.807) is 6.92 Å². The molecule has 0 spiro atoms. The summed E-state index contributed by atoms with van der Waals surface area (Å²) in [6, 6.07) is 8.53. The number of amides is 1. The van der Waals surface area contributed by atoms with Crippen LogP contribution in [0.1, 0.15) is 51.0 Å². The van der Waals surface area contributed by atoms with E-state index in [1.807, 2.05) is 12.1 Å². The van der Waals surface area contributed by atoms with E-state index in [-0.39, 0.29) is 5.91 Å². The standard InChI is InChI=1S/C16H21NO/c1-12(18)17-15-4-2-14(3-5-15)16-9-6-13(7-10-16)8-11-16/h2-5,13H,6-11H2,1H3,(H,17,18). The van der Waals surface area contributed by atoms with Crippen LogP contribution in [0.3, 0.4) is 0 Å². The highest BCUT2D eigenvalue weighted by Crippen LogP contribution is 2.51. The summed E-state index contributed by atoms with van der Waals surface area (Å²) < 4.78 is 0. The fourth-order valence-corrected chi connectivity index (χ4v) is 3.79. The minimum absolute atomic E-state index is 0.000845. The summed E-state index contributed by atoms with van der Waals surface area (Å²) in [5.74, 6) is 1.00. The minimum atomic E-state index is -0.000845. The molecule has 1 amide bonds. The molecule has 3 fully saturated rings. The number of carbonyl (C=O) groups is 1. The second-order valence-corrected chi connectivity index (χ2v) is 6.02. The highest BCUT2D eigenvalue weighted by atomic mass is 16.1. The summed E-state index contributed by atoms with van der Waals surface area (Å²) in [5.41, 5.74) is 2.84. The van der Waals surface area contributed by atoms with Crippen molar-refractivity contribution in [3.63, 3.8) is 0 Å². The third-order valence-corrected chi connectivity index (χ3v) is 4.91. The molecule has 4 rings (SSSR count). The van der Waals surface area contributed by atoms with E-state index in [9.17, 15) is 4.79 Å². The quantitative estimate of drug-likeness (QED) is 0.839. The number of fused-ring (bicyclic) bond motifs is 3. The van der Waals surface area contributed by atoms with E-state index in [0.29, 0.717) is 5.41 Å². The van der Waals surface area contributed by atoms with Crippen molar-refractivity contribution in [3.05, 3.63) is 29.8 Å². The van der Waals surface area contributed by atoms with Crippen molar-refractivity contribution in [1.29, 1.82) is 0 Å². The van der Waals surface area contributed by atoms with Crippen LogP contribution < -0.4 is 5.32 Å². The molecule has 1 aromatic rings. The Labute approximate surface area is 109 Å². The van der Waals surface area contributed by atoms with Crippen LogP contribution in [0, 0.1) is 5.92 Å². The van der Waals surface area contributed by atoms with Gasteiger partial charge in [0.25, 0.3) is 0 Å². The lowest BCUT2D eigenvalue weighted by Gasteiger charge is -2.47. The van der Waals surface area contributed by atoms with Crippen LogP contribution in [0.25, 0.3) is 0 Å².